The van der Waals surface area contributed by atoms with Crippen LogP contribution in [0.25, 0.3) is 0 Å². The molecule has 5 heteroatoms. The Morgan fingerprint density at radius 3 is 3.00 bits per heavy atom. The van der Waals surface area contributed by atoms with Gasteiger partial charge in [0, 0.05) is 20.2 Å². The summed E-state index contributed by atoms with van der Waals surface area (Å²) in [5, 5.41) is 9.24. The van der Waals surface area contributed by atoms with Crippen LogP contribution in [0.1, 0.15) is 23.2 Å². The molecule has 1 aliphatic heterocycles. The molecule has 1 heterocycles. The van der Waals surface area contributed by atoms with Crippen molar-refractivity contribution in [2.75, 3.05) is 37.4 Å². The zero-order valence-corrected chi connectivity index (χ0v) is 11.1. The summed E-state index contributed by atoms with van der Waals surface area (Å²) in [5.41, 5.74) is 7.28. The van der Waals surface area contributed by atoms with Gasteiger partial charge in [-0.3, -0.25) is 0 Å². The van der Waals surface area contributed by atoms with Crippen molar-refractivity contribution in [1.82, 2.24) is 0 Å². The molecule has 0 aliphatic carbocycles. The van der Waals surface area contributed by atoms with Crippen LogP contribution >= 0.6 is 0 Å². The Kier molecular flexibility index (Phi) is 4.27. The van der Waals surface area contributed by atoms with E-state index in [0.717, 1.165) is 32.6 Å². The third-order valence-corrected chi connectivity index (χ3v) is 3.47. The van der Waals surface area contributed by atoms with E-state index in [1.165, 1.54) is 0 Å². The number of nitrogens with two attached hydrogens (primary N) is 1. The first kappa shape index (κ1) is 13.7. The van der Waals surface area contributed by atoms with Crippen molar-refractivity contribution in [3.05, 3.63) is 23.8 Å². The number of nitrogens with zero attached hydrogens (tertiary/aromatic N) is 1. The zero-order chi connectivity index (χ0) is 13.8. The largest absolute Gasteiger partial charge is 0.478 e. The van der Waals surface area contributed by atoms with Crippen LogP contribution in [-0.4, -0.2) is 37.9 Å². The number of carbonyl (C=O) groups is 1. The highest BCUT2D eigenvalue weighted by molar-refractivity contribution is 5.97. The molecule has 1 atom stereocenters. The first-order valence-corrected chi connectivity index (χ1v) is 6.50. The minimum absolute atomic E-state index is 0.249. The highest BCUT2D eigenvalue weighted by Gasteiger charge is 2.20. The molecule has 0 bridgehead atoms. The maximum Gasteiger partial charge on any atom is 0.337 e. The number of rotatable bonds is 4. The Bertz CT molecular complexity index is 456. The number of anilines is 2. The summed E-state index contributed by atoms with van der Waals surface area (Å²) in [5.74, 6) is -0.519. The van der Waals surface area contributed by atoms with Crippen LogP contribution in [0.4, 0.5) is 11.4 Å². The van der Waals surface area contributed by atoms with Crippen LogP contribution in [0.2, 0.25) is 0 Å². The van der Waals surface area contributed by atoms with Crippen LogP contribution in [0.5, 0.6) is 0 Å². The Balaban J connectivity index is 2.17. The number of carboxylic acid groups (broad SMARTS) is 1. The molecular formula is C14H20N2O3. The Labute approximate surface area is 113 Å². The molecule has 19 heavy (non-hydrogen) atoms. The first-order valence-electron chi connectivity index (χ1n) is 6.50. The lowest BCUT2D eigenvalue weighted by atomic mass is 10.0. The second-order valence-corrected chi connectivity index (χ2v) is 5.01. The fourth-order valence-corrected chi connectivity index (χ4v) is 2.59. The van der Waals surface area contributed by atoms with Crippen molar-refractivity contribution in [3.63, 3.8) is 0 Å². The van der Waals surface area contributed by atoms with Crippen LogP contribution in [0, 0.1) is 5.92 Å². The fourth-order valence-electron chi connectivity index (χ4n) is 2.59. The minimum Gasteiger partial charge on any atom is -0.478 e. The van der Waals surface area contributed by atoms with Crippen LogP contribution in [0.3, 0.4) is 0 Å². The van der Waals surface area contributed by atoms with E-state index in [1.807, 2.05) is 11.9 Å². The van der Waals surface area contributed by atoms with Gasteiger partial charge in [-0.2, -0.15) is 0 Å². The minimum atomic E-state index is -0.950. The van der Waals surface area contributed by atoms with Gasteiger partial charge in [0.25, 0.3) is 0 Å². The van der Waals surface area contributed by atoms with E-state index in [9.17, 15) is 9.90 Å². The predicted octanol–water partition coefficient (Wildman–Crippen LogP) is 1.83. The van der Waals surface area contributed by atoms with Crippen molar-refractivity contribution in [3.8, 4) is 0 Å². The Hall–Kier alpha value is -1.75. The Morgan fingerprint density at radius 1 is 1.58 bits per heavy atom. The summed E-state index contributed by atoms with van der Waals surface area (Å²) in [6.45, 7) is 2.32. The molecule has 0 spiro atoms. The normalized spacial score (nSPS) is 19.1. The molecule has 0 saturated carbocycles. The highest BCUT2D eigenvalue weighted by Crippen LogP contribution is 2.28. The summed E-state index contributed by atoms with van der Waals surface area (Å²) >= 11 is 0. The van der Waals surface area contributed by atoms with E-state index in [2.05, 4.69) is 0 Å². The third-order valence-electron chi connectivity index (χ3n) is 3.47. The van der Waals surface area contributed by atoms with Gasteiger partial charge in [-0.05, 0) is 30.9 Å². The van der Waals surface area contributed by atoms with E-state index >= 15 is 0 Å². The first-order chi connectivity index (χ1) is 9.09. The molecule has 1 aliphatic rings. The van der Waals surface area contributed by atoms with Gasteiger partial charge in [-0.25, -0.2) is 4.79 Å². The van der Waals surface area contributed by atoms with E-state index in [0.29, 0.717) is 17.3 Å². The van der Waals surface area contributed by atoms with Crippen molar-refractivity contribution in [2.45, 2.75) is 12.8 Å². The summed E-state index contributed by atoms with van der Waals surface area (Å²) in [6, 6.07) is 4.98. The van der Waals surface area contributed by atoms with Gasteiger partial charge < -0.3 is 20.5 Å². The topological polar surface area (TPSA) is 75.8 Å². The molecular weight excluding hydrogens is 244 g/mol. The summed E-state index contributed by atoms with van der Waals surface area (Å²) in [6.07, 6.45) is 2.17. The van der Waals surface area contributed by atoms with Crippen molar-refractivity contribution in [2.24, 2.45) is 5.92 Å². The quantitative estimate of drug-likeness (QED) is 0.811. The molecule has 2 rings (SSSR count). The standard InChI is InChI=1S/C14H20N2O3/c1-16(8-10-4-3-7-19-9-10)13-11(14(17)18)5-2-6-12(13)15/h2,5-6,10H,3-4,7-9,15H2,1H3,(H,17,18). The lowest BCUT2D eigenvalue weighted by Crippen LogP contribution is -2.32. The molecule has 1 unspecified atom stereocenters. The number of hydrogen-bond donors (Lipinski definition) is 2. The van der Waals surface area contributed by atoms with E-state index in [1.54, 1.807) is 18.2 Å². The number of ether oxygens (including phenoxy) is 1. The second-order valence-electron chi connectivity index (χ2n) is 5.01. The molecule has 0 amide bonds. The van der Waals surface area contributed by atoms with Crippen molar-refractivity contribution in [1.29, 1.82) is 0 Å². The van der Waals surface area contributed by atoms with Gasteiger partial charge in [0.2, 0.25) is 0 Å². The lowest BCUT2D eigenvalue weighted by molar-refractivity contribution is 0.0576. The lowest BCUT2D eigenvalue weighted by Gasteiger charge is -2.29. The van der Waals surface area contributed by atoms with Crippen molar-refractivity contribution >= 4 is 17.3 Å². The number of para-hydroxylation sites is 1. The average Bonchev–Trinajstić information content (AvgIpc) is 2.39. The predicted molar refractivity (Wildman–Crippen MR) is 74.6 cm³/mol. The SMILES string of the molecule is CN(CC1CCCOC1)c1c(N)cccc1C(=O)O. The Morgan fingerprint density at radius 2 is 2.37 bits per heavy atom. The zero-order valence-electron chi connectivity index (χ0n) is 11.1. The average molecular weight is 264 g/mol. The number of nitrogen functional groups attached to an aromatic ring is 1. The van der Waals surface area contributed by atoms with E-state index in [4.69, 9.17) is 10.5 Å². The van der Waals surface area contributed by atoms with Crippen LogP contribution in [-0.2, 0) is 4.74 Å². The molecule has 0 aromatic heterocycles. The number of aromatic carboxylic acids is 1. The smallest absolute Gasteiger partial charge is 0.337 e. The van der Waals surface area contributed by atoms with Gasteiger partial charge >= 0.3 is 5.97 Å². The second kappa shape index (κ2) is 5.93. The van der Waals surface area contributed by atoms with Crippen molar-refractivity contribution < 1.29 is 14.6 Å². The van der Waals surface area contributed by atoms with E-state index < -0.39 is 5.97 Å². The molecule has 3 N–H and O–H groups in total. The van der Waals surface area contributed by atoms with Gasteiger partial charge in [0.05, 0.1) is 23.5 Å². The van der Waals surface area contributed by atoms with Crippen LogP contribution in [0.15, 0.2) is 18.2 Å². The van der Waals surface area contributed by atoms with Gasteiger partial charge in [0.1, 0.15) is 0 Å². The molecule has 1 fully saturated rings. The number of benzene rings is 1. The number of hydrogen-bond acceptors (Lipinski definition) is 4. The van der Waals surface area contributed by atoms with E-state index in [-0.39, 0.29) is 5.56 Å². The number of carboxylic acids is 1. The van der Waals surface area contributed by atoms with Gasteiger partial charge in [-0.15, -0.1) is 0 Å². The molecule has 0 radical (unpaired) electrons. The van der Waals surface area contributed by atoms with Gasteiger partial charge in [0.15, 0.2) is 0 Å². The monoisotopic (exact) mass is 264 g/mol. The fraction of sp³-hybridized carbons (Fsp3) is 0.500. The van der Waals surface area contributed by atoms with Gasteiger partial charge in [-0.1, -0.05) is 6.07 Å². The highest BCUT2D eigenvalue weighted by atomic mass is 16.5. The molecule has 1 aromatic rings. The molecule has 1 saturated heterocycles. The maximum absolute atomic E-state index is 11.3. The van der Waals surface area contributed by atoms with Crippen LogP contribution < -0.4 is 10.6 Å². The molecule has 5 nitrogen and oxygen atoms in total. The summed E-state index contributed by atoms with van der Waals surface area (Å²) in [4.78, 5) is 13.2. The molecule has 104 valence electrons. The third kappa shape index (κ3) is 3.17. The maximum atomic E-state index is 11.3. The summed E-state index contributed by atoms with van der Waals surface area (Å²) < 4.78 is 5.45. The summed E-state index contributed by atoms with van der Waals surface area (Å²) in [7, 11) is 1.88. The molecule has 1 aromatic carbocycles.